The van der Waals surface area contributed by atoms with Gasteiger partial charge in [0.1, 0.15) is 22.9 Å². The third-order valence-electron chi connectivity index (χ3n) is 10.0. The molecule has 1 atom stereocenters. The molecule has 10 nitrogen and oxygen atoms in total. The highest BCUT2D eigenvalue weighted by Crippen LogP contribution is 2.45. The highest BCUT2D eigenvalue weighted by molar-refractivity contribution is 6.35. The molecular formula is C39H39Cl2N5O5. The Kier molecular flexibility index (Phi) is 8.80. The van der Waals surface area contributed by atoms with Gasteiger partial charge in [-0.3, -0.25) is 9.48 Å². The summed E-state index contributed by atoms with van der Waals surface area (Å²) in [4.78, 5) is 27.7. The van der Waals surface area contributed by atoms with E-state index in [1.807, 2.05) is 70.6 Å². The molecule has 1 amide bonds. The summed E-state index contributed by atoms with van der Waals surface area (Å²) < 4.78 is 17.2. The number of benzene rings is 3. The number of aromatic nitrogens is 4. The van der Waals surface area contributed by atoms with Crippen molar-refractivity contribution in [3.8, 4) is 22.6 Å². The Morgan fingerprint density at radius 1 is 1.02 bits per heavy atom. The van der Waals surface area contributed by atoms with Gasteiger partial charge in [-0.1, -0.05) is 35.3 Å². The van der Waals surface area contributed by atoms with Gasteiger partial charge in [-0.2, -0.15) is 5.10 Å². The fourth-order valence-electron chi connectivity index (χ4n) is 7.66. The summed E-state index contributed by atoms with van der Waals surface area (Å²) >= 11 is 13.5. The molecule has 51 heavy (non-hydrogen) atoms. The number of rotatable bonds is 9. The van der Waals surface area contributed by atoms with Crippen LogP contribution in [0, 0.1) is 27.7 Å². The zero-order chi connectivity index (χ0) is 36.5. The van der Waals surface area contributed by atoms with Gasteiger partial charge < -0.3 is 19.1 Å². The Labute approximate surface area is 305 Å². The van der Waals surface area contributed by atoms with Crippen molar-refractivity contribution < 1.29 is 24.2 Å². The second-order valence-electron chi connectivity index (χ2n) is 13.3. The van der Waals surface area contributed by atoms with Crippen LogP contribution in [-0.4, -0.2) is 56.3 Å². The van der Waals surface area contributed by atoms with Crippen molar-refractivity contribution in [3.63, 3.8) is 0 Å². The first-order chi connectivity index (χ1) is 24.3. The quantitative estimate of drug-likeness (QED) is 0.150. The summed E-state index contributed by atoms with van der Waals surface area (Å²) in [6.07, 6.45) is 1.14. The molecule has 0 spiro atoms. The molecule has 1 aliphatic rings. The zero-order valence-electron chi connectivity index (χ0n) is 29.6. The lowest BCUT2D eigenvalue weighted by atomic mass is 9.98. The SMILES string of the molecule is COc1cccc2c1cc(C(=O)O)n2N1CC(C)n2c(c(CCCOc3cc(C)c(Cl)c(C)c3)c3ccc(Cl)c(-c4c(C)nn(C)c4C)c32)C1=O. The van der Waals surface area contributed by atoms with Crippen LogP contribution >= 0.6 is 23.2 Å². The van der Waals surface area contributed by atoms with E-state index in [9.17, 15) is 9.90 Å². The number of hydrogen-bond acceptors (Lipinski definition) is 5. The molecule has 3 aromatic heterocycles. The zero-order valence-corrected chi connectivity index (χ0v) is 31.1. The topological polar surface area (TPSA) is 104 Å². The highest BCUT2D eigenvalue weighted by Gasteiger charge is 2.38. The number of carbonyl (C=O) groups excluding carboxylic acids is 1. The molecular weight excluding hydrogens is 689 g/mol. The van der Waals surface area contributed by atoms with Crippen molar-refractivity contribution in [2.75, 3.05) is 25.3 Å². The predicted molar refractivity (Wildman–Crippen MR) is 201 cm³/mol. The molecule has 12 heteroatoms. The standard InChI is InChI=1S/C39H39Cl2N5O5/c1-20-16-25(17-21(2)35(20)41)51-15-9-10-26-27-13-14-29(40)34(33-23(4)42-43(6)24(33)5)36(27)45-22(3)19-44(38(47)37(26)45)46-30-11-8-12-32(50-7)28(30)18-31(46)39(48)49/h8,11-14,16-18,22H,9-10,15,19H2,1-7H3,(H,48,49). The molecule has 7 rings (SSSR count). The molecule has 264 valence electrons. The fraction of sp³-hybridized carbons (Fsp3) is 0.308. The lowest BCUT2D eigenvalue weighted by Crippen LogP contribution is -2.49. The minimum atomic E-state index is -1.15. The Morgan fingerprint density at radius 2 is 1.75 bits per heavy atom. The number of fused-ring (bicyclic) bond motifs is 4. The molecule has 4 heterocycles. The number of carboxylic acids is 1. The van der Waals surface area contributed by atoms with Crippen molar-refractivity contribution >= 4 is 56.9 Å². The second kappa shape index (κ2) is 13.0. The minimum absolute atomic E-state index is 0.0338. The molecule has 0 bridgehead atoms. The second-order valence-corrected chi connectivity index (χ2v) is 14.1. The van der Waals surface area contributed by atoms with Gasteiger partial charge in [0.25, 0.3) is 5.91 Å². The Hall–Kier alpha value is -4.93. The number of amides is 1. The maximum absolute atomic E-state index is 15.0. The molecule has 1 unspecified atom stereocenters. The van der Waals surface area contributed by atoms with Gasteiger partial charge >= 0.3 is 5.97 Å². The first-order valence-corrected chi connectivity index (χ1v) is 17.6. The lowest BCUT2D eigenvalue weighted by molar-refractivity contribution is 0.0683. The number of aromatic carboxylic acids is 1. The van der Waals surface area contributed by atoms with Crippen LogP contribution < -0.4 is 14.5 Å². The van der Waals surface area contributed by atoms with Crippen LogP contribution in [-0.2, 0) is 13.5 Å². The first kappa shape index (κ1) is 34.5. The van der Waals surface area contributed by atoms with Crippen molar-refractivity contribution in [1.29, 1.82) is 0 Å². The predicted octanol–water partition coefficient (Wildman–Crippen LogP) is 8.61. The van der Waals surface area contributed by atoms with Gasteiger partial charge in [0.2, 0.25) is 0 Å². The van der Waals surface area contributed by atoms with Gasteiger partial charge in [0.05, 0.1) is 48.1 Å². The van der Waals surface area contributed by atoms with Crippen molar-refractivity contribution in [1.82, 2.24) is 19.0 Å². The lowest BCUT2D eigenvalue weighted by Gasteiger charge is -2.35. The average molecular weight is 729 g/mol. The summed E-state index contributed by atoms with van der Waals surface area (Å²) in [6.45, 7) is 10.5. The van der Waals surface area contributed by atoms with Crippen molar-refractivity contribution in [3.05, 3.63) is 98.0 Å². The van der Waals surface area contributed by atoms with E-state index in [-0.39, 0.29) is 24.2 Å². The number of aryl methyl sites for hydroxylation is 5. The van der Waals surface area contributed by atoms with E-state index in [4.69, 9.17) is 32.7 Å². The maximum atomic E-state index is 15.0. The number of nitrogens with zero attached hydrogens (tertiary/aromatic N) is 5. The van der Waals surface area contributed by atoms with Gasteiger partial charge in [0, 0.05) is 39.7 Å². The molecule has 0 saturated heterocycles. The molecule has 1 aliphatic heterocycles. The summed E-state index contributed by atoms with van der Waals surface area (Å²) in [5.74, 6) is -0.203. The van der Waals surface area contributed by atoms with E-state index in [1.165, 1.54) is 4.68 Å². The van der Waals surface area contributed by atoms with E-state index in [0.29, 0.717) is 46.8 Å². The van der Waals surface area contributed by atoms with Crippen LogP contribution in [0.5, 0.6) is 11.5 Å². The van der Waals surface area contributed by atoms with E-state index in [1.54, 1.807) is 36.4 Å². The number of hydrogen-bond donors (Lipinski definition) is 1. The van der Waals surface area contributed by atoms with Gasteiger partial charge in [-0.25, -0.2) is 14.5 Å². The van der Waals surface area contributed by atoms with Crippen LogP contribution in [0.2, 0.25) is 10.0 Å². The van der Waals surface area contributed by atoms with Crippen molar-refractivity contribution in [2.45, 2.75) is 53.5 Å². The number of methoxy groups -OCH3 is 1. The minimum Gasteiger partial charge on any atom is -0.496 e. The third-order valence-corrected chi connectivity index (χ3v) is 10.9. The summed E-state index contributed by atoms with van der Waals surface area (Å²) in [7, 11) is 3.45. The molecule has 1 N–H and O–H groups in total. The third kappa shape index (κ3) is 5.52. The Balaban J connectivity index is 1.40. The molecule has 0 fully saturated rings. The summed E-state index contributed by atoms with van der Waals surface area (Å²) in [5.41, 5.74) is 8.15. The molecule has 0 saturated carbocycles. The largest absolute Gasteiger partial charge is 0.496 e. The van der Waals surface area contributed by atoms with Crippen LogP contribution in [0.3, 0.4) is 0 Å². The van der Waals surface area contributed by atoms with E-state index in [2.05, 4.69) is 9.67 Å². The van der Waals surface area contributed by atoms with Gasteiger partial charge in [-0.05, 0) is 101 Å². The van der Waals surface area contributed by atoms with Crippen LogP contribution in [0.15, 0.2) is 48.5 Å². The first-order valence-electron chi connectivity index (χ1n) is 16.8. The van der Waals surface area contributed by atoms with Gasteiger partial charge in [-0.15, -0.1) is 0 Å². The number of carboxylic acid groups (broad SMARTS) is 1. The molecule has 0 radical (unpaired) electrons. The fourth-order valence-corrected chi connectivity index (χ4v) is 8.02. The van der Waals surface area contributed by atoms with E-state index in [0.717, 1.165) is 60.9 Å². The normalized spacial score (nSPS) is 14.5. The number of carbonyl (C=O) groups is 2. The monoisotopic (exact) mass is 727 g/mol. The summed E-state index contributed by atoms with van der Waals surface area (Å²) in [6, 6.07) is 14.4. The number of ether oxygens (including phenoxy) is 2. The van der Waals surface area contributed by atoms with Crippen LogP contribution in [0.25, 0.3) is 32.9 Å². The average Bonchev–Trinajstić information content (AvgIpc) is 3.72. The molecule has 0 aliphatic carbocycles. The van der Waals surface area contributed by atoms with E-state index >= 15 is 4.79 Å². The highest BCUT2D eigenvalue weighted by atomic mass is 35.5. The Morgan fingerprint density at radius 3 is 2.39 bits per heavy atom. The maximum Gasteiger partial charge on any atom is 0.354 e. The molecule has 6 aromatic rings. The number of halogens is 2. The van der Waals surface area contributed by atoms with Crippen LogP contribution in [0.4, 0.5) is 0 Å². The Bertz CT molecular complexity index is 2380. The van der Waals surface area contributed by atoms with Crippen molar-refractivity contribution in [2.24, 2.45) is 7.05 Å². The molecule has 3 aromatic carbocycles. The summed E-state index contributed by atoms with van der Waals surface area (Å²) in [5, 5.41) is 19.4. The van der Waals surface area contributed by atoms with E-state index < -0.39 is 5.97 Å². The van der Waals surface area contributed by atoms with Crippen LogP contribution in [0.1, 0.15) is 68.4 Å². The smallest absolute Gasteiger partial charge is 0.354 e. The van der Waals surface area contributed by atoms with Gasteiger partial charge in [0.15, 0.2) is 0 Å².